The number of allylic oxidation sites excluding steroid dienone is 1. The van der Waals surface area contributed by atoms with Crippen LogP contribution >= 0.6 is 34.5 Å². The highest BCUT2D eigenvalue weighted by Gasteiger charge is 2.12. The van der Waals surface area contributed by atoms with Crippen molar-refractivity contribution in [3.05, 3.63) is 62.4 Å². The van der Waals surface area contributed by atoms with Crippen LogP contribution in [0.2, 0.25) is 10.0 Å². The van der Waals surface area contributed by atoms with Gasteiger partial charge in [0.05, 0.1) is 34.5 Å². The number of nitriles is 1. The van der Waals surface area contributed by atoms with E-state index in [0.717, 1.165) is 22.6 Å². The molecule has 0 aliphatic rings. The van der Waals surface area contributed by atoms with Gasteiger partial charge in [-0.05, 0) is 44.2 Å². The Hall–Kier alpha value is -2.52. The fourth-order valence-electron chi connectivity index (χ4n) is 2.65. The summed E-state index contributed by atoms with van der Waals surface area (Å²) in [6.07, 6.45) is 1.78. The molecule has 0 amide bonds. The van der Waals surface area contributed by atoms with Gasteiger partial charge in [0, 0.05) is 22.6 Å². The molecule has 3 rings (SSSR count). The van der Waals surface area contributed by atoms with E-state index in [2.05, 4.69) is 11.1 Å². The van der Waals surface area contributed by atoms with Gasteiger partial charge in [0.15, 0.2) is 0 Å². The fraction of sp³-hybridized carbons (Fsp3) is 0.182. The standard InChI is InChI=1S/C22H18Cl2N2O2S/c1-3-27-17-7-5-15(21(11-17)28-4-2)9-16(12-25)22-26-20(13-29-22)14-6-8-18(23)19(24)10-14/h5-11,13H,3-4H2,1-2H3/b16-9+. The molecule has 0 spiro atoms. The summed E-state index contributed by atoms with van der Waals surface area (Å²) < 4.78 is 11.3. The molecule has 0 aliphatic carbocycles. The molecule has 4 nitrogen and oxygen atoms in total. The van der Waals surface area contributed by atoms with E-state index in [0.29, 0.717) is 39.6 Å². The summed E-state index contributed by atoms with van der Waals surface area (Å²) in [5.74, 6) is 1.38. The molecule has 1 aromatic heterocycles. The van der Waals surface area contributed by atoms with E-state index in [-0.39, 0.29) is 0 Å². The first-order chi connectivity index (χ1) is 14.0. The Kier molecular flexibility index (Phi) is 7.16. The van der Waals surface area contributed by atoms with E-state index >= 15 is 0 Å². The van der Waals surface area contributed by atoms with Crippen molar-refractivity contribution < 1.29 is 9.47 Å². The monoisotopic (exact) mass is 444 g/mol. The molecule has 0 N–H and O–H groups in total. The lowest BCUT2D eigenvalue weighted by atomic mass is 10.1. The lowest BCUT2D eigenvalue weighted by Gasteiger charge is -2.10. The van der Waals surface area contributed by atoms with Crippen LogP contribution in [0, 0.1) is 11.3 Å². The third kappa shape index (κ3) is 5.10. The minimum Gasteiger partial charge on any atom is -0.494 e. The van der Waals surface area contributed by atoms with Crippen LogP contribution in [0.15, 0.2) is 41.8 Å². The molecule has 2 aromatic carbocycles. The molecule has 0 bridgehead atoms. The second-order valence-corrected chi connectivity index (χ2v) is 7.57. The Labute approximate surface area is 183 Å². The maximum atomic E-state index is 9.71. The van der Waals surface area contributed by atoms with E-state index in [9.17, 15) is 5.26 Å². The summed E-state index contributed by atoms with van der Waals surface area (Å²) in [6, 6.07) is 13.1. The van der Waals surface area contributed by atoms with E-state index in [1.54, 1.807) is 18.2 Å². The molecule has 0 aliphatic heterocycles. The summed E-state index contributed by atoms with van der Waals surface area (Å²) in [6.45, 7) is 4.92. The van der Waals surface area contributed by atoms with Crippen molar-refractivity contribution in [2.45, 2.75) is 13.8 Å². The van der Waals surface area contributed by atoms with Gasteiger partial charge in [-0.3, -0.25) is 0 Å². The Balaban J connectivity index is 1.96. The molecule has 0 saturated carbocycles. The maximum Gasteiger partial charge on any atom is 0.134 e. The molecular formula is C22H18Cl2N2O2S. The largest absolute Gasteiger partial charge is 0.494 e. The van der Waals surface area contributed by atoms with Crippen molar-refractivity contribution >= 4 is 46.2 Å². The zero-order valence-corrected chi connectivity index (χ0v) is 18.2. The maximum absolute atomic E-state index is 9.71. The number of hydrogen-bond donors (Lipinski definition) is 0. The molecule has 0 saturated heterocycles. The van der Waals surface area contributed by atoms with Crippen LogP contribution in [0.4, 0.5) is 0 Å². The third-order valence-electron chi connectivity index (χ3n) is 3.97. The number of halogens is 2. The minimum atomic E-state index is 0.450. The molecule has 1 heterocycles. The molecular weight excluding hydrogens is 427 g/mol. The molecule has 3 aromatic rings. The lowest BCUT2D eigenvalue weighted by Crippen LogP contribution is -1.97. The normalized spacial score (nSPS) is 11.2. The Morgan fingerprint density at radius 1 is 1.10 bits per heavy atom. The Bertz CT molecular complexity index is 1090. The first-order valence-corrected chi connectivity index (χ1v) is 10.6. The average Bonchev–Trinajstić information content (AvgIpc) is 3.20. The average molecular weight is 445 g/mol. The number of nitrogens with zero attached hydrogens (tertiary/aromatic N) is 2. The van der Waals surface area contributed by atoms with Crippen LogP contribution in [0.3, 0.4) is 0 Å². The second-order valence-electron chi connectivity index (χ2n) is 5.90. The van der Waals surface area contributed by atoms with Gasteiger partial charge in [0.25, 0.3) is 0 Å². The molecule has 0 fully saturated rings. The zero-order chi connectivity index (χ0) is 20.8. The van der Waals surface area contributed by atoms with E-state index in [1.165, 1.54) is 11.3 Å². The van der Waals surface area contributed by atoms with Gasteiger partial charge in [-0.15, -0.1) is 11.3 Å². The van der Waals surface area contributed by atoms with Crippen molar-refractivity contribution in [2.24, 2.45) is 0 Å². The topological polar surface area (TPSA) is 55.1 Å². The SMILES string of the molecule is CCOc1ccc(/C=C(\C#N)c2nc(-c3ccc(Cl)c(Cl)c3)cs2)c(OCC)c1. The summed E-state index contributed by atoms with van der Waals surface area (Å²) in [4.78, 5) is 4.60. The van der Waals surface area contributed by atoms with Gasteiger partial charge < -0.3 is 9.47 Å². The van der Waals surface area contributed by atoms with Crippen LogP contribution in [-0.4, -0.2) is 18.2 Å². The lowest BCUT2D eigenvalue weighted by molar-refractivity contribution is 0.322. The highest BCUT2D eigenvalue weighted by atomic mass is 35.5. The van der Waals surface area contributed by atoms with Gasteiger partial charge >= 0.3 is 0 Å². The molecule has 0 unspecified atom stereocenters. The quantitative estimate of drug-likeness (QED) is 0.368. The fourth-order valence-corrected chi connectivity index (χ4v) is 3.75. The van der Waals surface area contributed by atoms with Crippen molar-refractivity contribution in [2.75, 3.05) is 13.2 Å². The van der Waals surface area contributed by atoms with E-state index < -0.39 is 0 Å². The number of aromatic nitrogens is 1. The Morgan fingerprint density at radius 3 is 2.59 bits per heavy atom. The molecule has 7 heteroatoms. The van der Waals surface area contributed by atoms with Gasteiger partial charge in [-0.1, -0.05) is 29.3 Å². The van der Waals surface area contributed by atoms with Crippen molar-refractivity contribution in [3.63, 3.8) is 0 Å². The molecule has 29 heavy (non-hydrogen) atoms. The van der Waals surface area contributed by atoms with Gasteiger partial charge in [0.2, 0.25) is 0 Å². The van der Waals surface area contributed by atoms with Crippen molar-refractivity contribution in [1.29, 1.82) is 5.26 Å². The second kappa shape index (κ2) is 9.80. The number of ether oxygens (including phenoxy) is 2. The van der Waals surface area contributed by atoms with Gasteiger partial charge in [-0.25, -0.2) is 4.98 Å². The summed E-state index contributed by atoms with van der Waals surface area (Å²) in [5.41, 5.74) is 2.82. The Morgan fingerprint density at radius 2 is 1.90 bits per heavy atom. The number of hydrogen-bond acceptors (Lipinski definition) is 5. The number of rotatable bonds is 7. The van der Waals surface area contributed by atoms with Crippen LogP contribution < -0.4 is 9.47 Å². The van der Waals surface area contributed by atoms with E-state index in [1.807, 2.05) is 43.5 Å². The van der Waals surface area contributed by atoms with Crippen LogP contribution in [0.1, 0.15) is 24.4 Å². The molecule has 148 valence electrons. The summed E-state index contributed by atoms with van der Waals surface area (Å²) in [7, 11) is 0. The molecule has 0 radical (unpaired) electrons. The molecule has 0 atom stereocenters. The summed E-state index contributed by atoms with van der Waals surface area (Å²) >= 11 is 13.5. The van der Waals surface area contributed by atoms with Gasteiger partial charge in [0.1, 0.15) is 22.6 Å². The van der Waals surface area contributed by atoms with Crippen LogP contribution in [0.5, 0.6) is 11.5 Å². The minimum absolute atomic E-state index is 0.450. The van der Waals surface area contributed by atoms with Crippen molar-refractivity contribution in [3.8, 4) is 28.8 Å². The van der Waals surface area contributed by atoms with Gasteiger partial charge in [-0.2, -0.15) is 5.26 Å². The highest BCUT2D eigenvalue weighted by Crippen LogP contribution is 2.33. The predicted molar refractivity (Wildman–Crippen MR) is 120 cm³/mol. The van der Waals surface area contributed by atoms with Crippen LogP contribution in [-0.2, 0) is 0 Å². The number of thiazole rings is 1. The predicted octanol–water partition coefficient (Wildman–Crippen LogP) is 6.98. The summed E-state index contributed by atoms with van der Waals surface area (Å²) in [5, 5.41) is 13.2. The first kappa shape index (κ1) is 21.2. The third-order valence-corrected chi connectivity index (χ3v) is 5.58. The number of benzene rings is 2. The van der Waals surface area contributed by atoms with Crippen molar-refractivity contribution in [1.82, 2.24) is 4.98 Å². The smallest absolute Gasteiger partial charge is 0.134 e. The zero-order valence-electron chi connectivity index (χ0n) is 15.9. The first-order valence-electron chi connectivity index (χ1n) is 8.98. The van der Waals surface area contributed by atoms with Crippen LogP contribution in [0.25, 0.3) is 22.9 Å². The highest BCUT2D eigenvalue weighted by molar-refractivity contribution is 7.11. The van der Waals surface area contributed by atoms with E-state index in [4.69, 9.17) is 32.7 Å².